The molecule has 2 rings (SSSR count). The average Bonchev–Trinajstić information content (AvgIpc) is 2.48. The highest BCUT2D eigenvalue weighted by Gasteiger charge is 2.07. The number of nitrogens with zero attached hydrogens (tertiary/aromatic N) is 1. The summed E-state index contributed by atoms with van der Waals surface area (Å²) in [4.78, 5) is 0. The zero-order chi connectivity index (χ0) is 13.7. The highest BCUT2D eigenvalue weighted by atomic mass is 32.1. The van der Waals surface area contributed by atoms with E-state index in [1.54, 1.807) is 7.11 Å². The first-order chi connectivity index (χ1) is 9.20. The lowest BCUT2D eigenvalue weighted by Crippen LogP contribution is -2.40. The van der Waals surface area contributed by atoms with Crippen LogP contribution < -0.4 is 20.9 Å². The molecule has 0 aliphatic carbocycles. The zero-order valence-electron chi connectivity index (χ0n) is 10.5. The monoisotopic (exact) mass is 273 g/mol. The van der Waals surface area contributed by atoms with Crippen molar-refractivity contribution >= 4 is 28.7 Å². The Bertz CT molecular complexity index is 542. The number of nitrogens with one attached hydrogen (secondary N) is 1. The molecule has 0 radical (unpaired) electrons. The van der Waals surface area contributed by atoms with Gasteiger partial charge in [-0.1, -0.05) is 18.2 Å². The van der Waals surface area contributed by atoms with Crippen molar-refractivity contribution in [2.45, 2.75) is 0 Å². The third-order valence-electron chi connectivity index (χ3n) is 2.59. The maximum atomic E-state index is 5.95. The standard InChI is InChI=1S/C14H15N3OS/c1-18-13-9-7-11(8-10-13)16-14(19)17(15)12-5-3-2-4-6-12/h2-10H,15H2,1H3,(H,16,19). The summed E-state index contributed by atoms with van der Waals surface area (Å²) in [5.41, 5.74) is 1.69. The number of hydrogen-bond acceptors (Lipinski definition) is 3. The molecule has 4 nitrogen and oxygen atoms in total. The maximum absolute atomic E-state index is 5.95. The fourth-order valence-electron chi connectivity index (χ4n) is 1.56. The van der Waals surface area contributed by atoms with Crippen molar-refractivity contribution < 1.29 is 4.74 Å². The van der Waals surface area contributed by atoms with Crippen LogP contribution in [0.4, 0.5) is 11.4 Å². The van der Waals surface area contributed by atoms with Gasteiger partial charge >= 0.3 is 0 Å². The summed E-state index contributed by atoms with van der Waals surface area (Å²) < 4.78 is 5.10. The van der Waals surface area contributed by atoms with Crippen LogP contribution in [0.25, 0.3) is 0 Å². The predicted molar refractivity (Wildman–Crippen MR) is 82.3 cm³/mol. The SMILES string of the molecule is COc1ccc(NC(=S)N(N)c2ccccc2)cc1. The number of para-hydroxylation sites is 1. The number of hydrazine groups is 1. The van der Waals surface area contributed by atoms with Crippen LogP contribution in [0.2, 0.25) is 0 Å². The molecule has 98 valence electrons. The molecule has 2 aromatic carbocycles. The van der Waals surface area contributed by atoms with Crippen molar-refractivity contribution in [3.63, 3.8) is 0 Å². The lowest BCUT2D eigenvalue weighted by Gasteiger charge is -2.20. The number of thiocarbonyl (C=S) groups is 1. The van der Waals surface area contributed by atoms with E-state index in [2.05, 4.69) is 5.32 Å². The smallest absolute Gasteiger partial charge is 0.192 e. The molecular weight excluding hydrogens is 258 g/mol. The average molecular weight is 273 g/mol. The quantitative estimate of drug-likeness (QED) is 0.511. The molecule has 5 heteroatoms. The summed E-state index contributed by atoms with van der Waals surface area (Å²) in [6.07, 6.45) is 0. The highest BCUT2D eigenvalue weighted by Crippen LogP contribution is 2.16. The molecule has 0 fully saturated rings. The van der Waals surface area contributed by atoms with Gasteiger partial charge in [0, 0.05) is 5.69 Å². The van der Waals surface area contributed by atoms with Gasteiger partial charge in [-0.25, -0.2) is 5.84 Å². The van der Waals surface area contributed by atoms with E-state index >= 15 is 0 Å². The summed E-state index contributed by atoms with van der Waals surface area (Å²) in [6.45, 7) is 0. The van der Waals surface area contributed by atoms with E-state index in [9.17, 15) is 0 Å². The van der Waals surface area contributed by atoms with E-state index in [0.29, 0.717) is 5.11 Å². The van der Waals surface area contributed by atoms with Gasteiger partial charge in [0.1, 0.15) is 5.75 Å². The van der Waals surface area contributed by atoms with Crippen LogP contribution in [-0.4, -0.2) is 12.2 Å². The third kappa shape index (κ3) is 3.43. The minimum atomic E-state index is 0.427. The minimum Gasteiger partial charge on any atom is -0.497 e. The molecule has 2 aromatic rings. The topological polar surface area (TPSA) is 50.5 Å². The van der Waals surface area contributed by atoms with Gasteiger partial charge in [-0.05, 0) is 48.6 Å². The summed E-state index contributed by atoms with van der Waals surface area (Å²) in [5.74, 6) is 6.74. The first-order valence-corrected chi connectivity index (χ1v) is 6.16. The van der Waals surface area contributed by atoms with Crippen molar-refractivity contribution in [1.82, 2.24) is 0 Å². The number of ether oxygens (including phenoxy) is 1. The van der Waals surface area contributed by atoms with Crippen LogP contribution in [0.3, 0.4) is 0 Å². The van der Waals surface area contributed by atoms with Gasteiger partial charge in [-0.2, -0.15) is 0 Å². The van der Waals surface area contributed by atoms with Crippen LogP contribution in [0.15, 0.2) is 54.6 Å². The molecule has 0 amide bonds. The lowest BCUT2D eigenvalue weighted by atomic mass is 10.3. The Morgan fingerprint density at radius 1 is 1.11 bits per heavy atom. The summed E-state index contributed by atoms with van der Waals surface area (Å²) >= 11 is 5.26. The Kier molecular flexibility index (Phi) is 4.33. The molecule has 0 aromatic heterocycles. The van der Waals surface area contributed by atoms with E-state index in [4.69, 9.17) is 22.8 Å². The van der Waals surface area contributed by atoms with Gasteiger partial charge < -0.3 is 10.1 Å². The Morgan fingerprint density at radius 3 is 2.32 bits per heavy atom. The fourth-order valence-corrected chi connectivity index (χ4v) is 1.79. The highest BCUT2D eigenvalue weighted by molar-refractivity contribution is 7.80. The first-order valence-electron chi connectivity index (χ1n) is 5.75. The molecule has 0 aliphatic rings. The van der Waals surface area contributed by atoms with Crippen molar-refractivity contribution in [1.29, 1.82) is 0 Å². The van der Waals surface area contributed by atoms with Gasteiger partial charge in [0.15, 0.2) is 5.11 Å². The van der Waals surface area contributed by atoms with E-state index in [0.717, 1.165) is 17.1 Å². The summed E-state index contributed by atoms with van der Waals surface area (Å²) in [6, 6.07) is 17.0. The lowest BCUT2D eigenvalue weighted by molar-refractivity contribution is 0.415. The van der Waals surface area contributed by atoms with Crippen molar-refractivity contribution in [3.05, 3.63) is 54.6 Å². The molecule has 0 atom stereocenters. The number of benzene rings is 2. The van der Waals surface area contributed by atoms with E-state index < -0.39 is 0 Å². The Balaban J connectivity index is 2.04. The summed E-state index contributed by atoms with van der Waals surface area (Å²) in [7, 11) is 1.63. The molecule has 0 saturated carbocycles. The zero-order valence-corrected chi connectivity index (χ0v) is 11.4. The number of rotatable bonds is 3. The normalized spacial score (nSPS) is 9.79. The number of methoxy groups -OCH3 is 1. The van der Waals surface area contributed by atoms with E-state index in [1.165, 1.54) is 5.01 Å². The Labute approximate surface area is 117 Å². The molecule has 0 bridgehead atoms. The number of anilines is 2. The molecular formula is C14H15N3OS. The number of nitrogens with two attached hydrogens (primary N) is 1. The van der Waals surface area contributed by atoms with Crippen LogP contribution in [0.5, 0.6) is 5.75 Å². The van der Waals surface area contributed by atoms with Crippen molar-refractivity contribution in [3.8, 4) is 5.75 Å². The molecule has 0 saturated heterocycles. The maximum Gasteiger partial charge on any atom is 0.192 e. The van der Waals surface area contributed by atoms with Crippen LogP contribution >= 0.6 is 12.2 Å². The molecule has 0 spiro atoms. The van der Waals surface area contributed by atoms with Crippen molar-refractivity contribution in [2.24, 2.45) is 5.84 Å². The van der Waals surface area contributed by atoms with Crippen LogP contribution in [0, 0.1) is 0 Å². The van der Waals surface area contributed by atoms with Crippen molar-refractivity contribution in [2.75, 3.05) is 17.4 Å². The third-order valence-corrected chi connectivity index (χ3v) is 2.89. The van der Waals surface area contributed by atoms with E-state index in [1.807, 2.05) is 54.6 Å². The molecule has 0 heterocycles. The first kappa shape index (κ1) is 13.3. The number of hydrogen-bond donors (Lipinski definition) is 2. The van der Waals surface area contributed by atoms with E-state index in [-0.39, 0.29) is 0 Å². The van der Waals surface area contributed by atoms with Crippen LogP contribution in [0.1, 0.15) is 0 Å². The fraction of sp³-hybridized carbons (Fsp3) is 0.0714. The predicted octanol–water partition coefficient (Wildman–Crippen LogP) is 2.77. The van der Waals surface area contributed by atoms with Gasteiger partial charge in [0.05, 0.1) is 12.8 Å². The van der Waals surface area contributed by atoms with Crippen LogP contribution in [-0.2, 0) is 0 Å². The van der Waals surface area contributed by atoms with Gasteiger partial charge in [0.25, 0.3) is 0 Å². The largest absolute Gasteiger partial charge is 0.497 e. The second kappa shape index (κ2) is 6.17. The second-order valence-electron chi connectivity index (χ2n) is 3.86. The molecule has 19 heavy (non-hydrogen) atoms. The molecule has 0 unspecified atom stereocenters. The Morgan fingerprint density at radius 2 is 1.74 bits per heavy atom. The minimum absolute atomic E-state index is 0.427. The Hall–Kier alpha value is -2.11. The summed E-state index contributed by atoms with van der Waals surface area (Å²) in [5, 5.41) is 4.93. The van der Waals surface area contributed by atoms with Gasteiger partial charge in [-0.3, -0.25) is 5.01 Å². The van der Waals surface area contributed by atoms with Gasteiger partial charge in [0.2, 0.25) is 0 Å². The van der Waals surface area contributed by atoms with Gasteiger partial charge in [-0.15, -0.1) is 0 Å². The second-order valence-corrected chi connectivity index (χ2v) is 4.25. The molecule has 3 N–H and O–H groups in total. The molecule has 0 aliphatic heterocycles.